The Labute approximate surface area is 156 Å². The summed E-state index contributed by atoms with van der Waals surface area (Å²) in [6.07, 6.45) is 1.97. The molecule has 0 aliphatic heterocycles. The van der Waals surface area contributed by atoms with Gasteiger partial charge >= 0.3 is 0 Å². The van der Waals surface area contributed by atoms with Gasteiger partial charge in [-0.3, -0.25) is 0 Å². The quantitative estimate of drug-likeness (QED) is 0.605. The van der Waals surface area contributed by atoms with Gasteiger partial charge in [0.05, 0.1) is 19.8 Å². The van der Waals surface area contributed by atoms with Gasteiger partial charge in [0.25, 0.3) is 0 Å². The fourth-order valence-corrected chi connectivity index (χ4v) is 2.68. The van der Waals surface area contributed by atoms with Gasteiger partial charge in [0.1, 0.15) is 5.75 Å². The first-order chi connectivity index (χ1) is 12.6. The van der Waals surface area contributed by atoms with Crippen LogP contribution < -0.4 is 15.3 Å². The number of rotatable bonds is 11. The van der Waals surface area contributed by atoms with Crippen molar-refractivity contribution in [3.8, 4) is 11.5 Å². The molecule has 5 nitrogen and oxygen atoms in total. The number of ether oxygens (including phenoxy) is 1. The molecule has 0 saturated heterocycles. The Bertz CT molecular complexity index is 636. The largest absolute Gasteiger partial charge is 0.497 e. The summed E-state index contributed by atoms with van der Waals surface area (Å²) < 4.78 is 5.24. The van der Waals surface area contributed by atoms with Gasteiger partial charge in [0.15, 0.2) is 5.75 Å². The van der Waals surface area contributed by atoms with Crippen LogP contribution in [0.1, 0.15) is 25.3 Å². The Kier molecular flexibility index (Phi) is 8.41. The first-order valence-corrected chi connectivity index (χ1v) is 9.17. The minimum Gasteiger partial charge on any atom is -0.497 e. The zero-order valence-corrected chi connectivity index (χ0v) is 15.7. The molecule has 2 unspecified atom stereocenters. The summed E-state index contributed by atoms with van der Waals surface area (Å²) in [7, 11) is 1.63. The number of nitrogens with two attached hydrogens (primary N) is 1. The molecule has 2 aromatic carbocycles. The second kappa shape index (κ2) is 10.8. The molecule has 2 aromatic rings. The van der Waals surface area contributed by atoms with Crippen LogP contribution in [-0.4, -0.2) is 42.5 Å². The molecular formula is C21H30N2O3. The van der Waals surface area contributed by atoms with Crippen molar-refractivity contribution in [2.45, 2.75) is 38.3 Å². The molecule has 0 heterocycles. The van der Waals surface area contributed by atoms with Gasteiger partial charge in [-0.15, -0.1) is 5.06 Å². The lowest BCUT2D eigenvalue weighted by molar-refractivity contribution is -0.0885. The molecular weight excluding hydrogens is 328 g/mol. The van der Waals surface area contributed by atoms with Crippen LogP contribution in [0.2, 0.25) is 0 Å². The highest BCUT2D eigenvalue weighted by molar-refractivity contribution is 5.32. The van der Waals surface area contributed by atoms with Crippen LogP contribution in [0.15, 0.2) is 54.6 Å². The predicted octanol–water partition coefficient (Wildman–Crippen LogP) is 3.02. The minimum atomic E-state index is -0.683. The van der Waals surface area contributed by atoms with E-state index in [1.165, 1.54) is 0 Å². The Hall–Kier alpha value is -2.08. The maximum Gasteiger partial charge on any atom is 0.151 e. The summed E-state index contributed by atoms with van der Waals surface area (Å²) in [5.74, 6) is 1.42. The number of hydroxylamine groups is 2. The van der Waals surface area contributed by atoms with E-state index in [0.717, 1.165) is 30.7 Å². The van der Waals surface area contributed by atoms with E-state index in [1.807, 2.05) is 54.6 Å². The summed E-state index contributed by atoms with van der Waals surface area (Å²) in [5, 5.41) is 12.3. The molecule has 2 atom stereocenters. The summed E-state index contributed by atoms with van der Waals surface area (Å²) in [6, 6.07) is 17.1. The van der Waals surface area contributed by atoms with E-state index in [0.29, 0.717) is 18.7 Å². The van der Waals surface area contributed by atoms with Crippen LogP contribution in [0, 0.1) is 0 Å². The molecule has 2 rings (SSSR count). The molecule has 0 saturated carbocycles. The normalized spacial score (nSPS) is 13.4. The van der Waals surface area contributed by atoms with Crippen LogP contribution in [0.4, 0.5) is 0 Å². The lowest BCUT2D eigenvalue weighted by atomic mass is 10.0. The first kappa shape index (κ1) is 20.2. The van der Waals surface area contributed by atoms with Crippen molar-refractivity contribution >= 4 is 0 Å². The van der Waals surface area contributed by atoms with E-state index in [1.54, 1.807) is 12.2 Å². The van der Waals surface area contributed by atoms with Crippen molar-refractivity contribution in [1.82, 2.24) is 5.06 Å². The Balaban J connectivity index is 1.96. The van der Waals surface area contributed by atoms with E-state index < -0.39 is 6.10 Å². The van der Waals surface area contributed by atoms with Gasteiger partial charge in [-0.1, -0.05) is 49.7 Å². The van der Waals surface area contributed by atoms with E-state index in [-0.39, 0.29) is 6.04 Å². The lowest BCUT2D eigenvalue weighted by Gasteiger charge is -2.27. The van der Waals surface area contributed by atoms with Gasteiger partial charge in [0.2, 0.25) is 0 Å². The highest BCUT2D eigenvalue weighted by atomic mass is 16.7. The van der Waals surface area contributed by atoms with Crippen molar-refractivity contribution in [1.29, 1.82) is 0 Å². The number of benzene rings is 2. The molecule has 142 valence electrons. The third kappa shape index (κ3) is 6.67. The molecule has 0 aromatic heterocycles. The van der Waals surface area contributed by atoms with Crippen molar-refractivity contribution in [3.05, 3.63) is 60.2 Å². The molecule has 0 radical (unpaired) electrons. The van der Waals surface area contributed by atoms with Gasteiger partial charge in [0, 0.05) is 18.7 Å². The summed E-state index contributed by atoms with van der Waals surface area (Å²) in [4.78, 5) is 5.97. The second-order valence-corrected chi connectivity index (χ2v) is 6.43. The molecule has 3 N–H and O–H groups in total. The molecule has 0 aliphatic carbocycles. The third-order valence-electron chi connectivity index (χ3n) is 4.24. The van der Waals surface area contributed by atoms with Crippen LogP contribution in [-0.2, 0) is 6.42 Å². The van der Waals surface area contributed by atoms with E-state index in [9.17, 15) is 5.11 Å². The number of hydrogen-bond acceptors (Lipinski definition) is 5. The van der Waals surface area contributed by atoms with Gasteiger partial charge in [-0.2, -0.15) is 0 Å². The third-order valence-corrected chi connectivity index (χ3v) is 4.24. The van der Waals surface area contributed by atoms with Crippen LogP contribution in [0.5, 0.6) is 11.5 Å². The van der Waals surface area contributed by atoms with Gasteiger partial charge < -0.3 is 20.4 Å². The minimum absolute atomic E-state index is 0.351. The number of hydrogen-bond donors (Lipinski definition) is 2. The van der Waals surface area contributed by atoms with Crippen molar-refractivity contribution in [2.75, 3.05) is 20.2 Å². The summed E-state index contributed by atoms with van der Waals surface area (Å²) in [5.41, 5.74) is 7.33. The fraction of sp³-hybridized carbons (Fsp3) is 0.429. The maximum atomic E-state index is 10.6. The zero-order chi connectivity index (χ0) is 18.8. The van der Waals surface area contributed by atoms with Crippen molar-refractivity contribution < 1.29 is 14.7 Å². The number of aliphatic hydroxyl groups is 1. The fourth-order valence-electron chi connectivity index (χ4n) is 2.68. The molecule has 0 fully saturated rings. The Morgan fingerprint density at radius 3 is 2.50 bits per heavy atom. The van der Waals surface area contributed by atoms with Crippen LogP contribution in [0.25, 0.3) is 0 Å². The Morgan fingerprint density at radius 1 is 1.08 bits per heavy atom. The maximum absolute atomic E-state index is 10.6. The van der Waals surface area contributed by atoms with Gasteiger partial charge in [-0.05, 0) is 30.5 Å². The highest BCUT2D eigenvalue weighted by Crippen LogP contribution is 2.20. The standard InChI is InChI=1S/C21H30N2O3/c1-3-4-13-23(26-19-12-8-11-18(15-19)25-2)16-21(24)20(22)14-17-9-6-5-7-10-17/h5-12,15,20-21,24H,3-4,13-14,16,22H2,1-2H3. The average Bonchev–Trinajstić information content (AvgIpc) is 2.67. The van der Waals surface area contributed by atoms with E-state index >= 15 is 0 Å². The highest BCUT2D eigenvalue weighted by Gasteiger charge is 2.20. The zero-order valence-electron chi connectivity index (χ0n) is 15.7. The van der Waals surface area contributed by atoms with E-state index in [4.69, 9.17) is 15.3 Å². The molecule has 0 aliphatic rings. The molecule has 0 bridgehead atoms. The predicted molar refractivity (Wildman–Crippen MR) is 104 cm³/mol. The molecule has 26 heavy (non-hydrogen) atoms. The number of unbranched alkanes of at least 4 members (excludes halogenated alkanes) is 1. The number of methoxy groups -OCH3 is 1. The number of nitrogens with zero attached hydrogens (tertiary/aromatic N) is 1. The number of aliphatic hydroxyl groups excluding tert-OH is 1. The van der Waals surface area contributed by atoms with Crippen molar-refractivity contribution in [3.63, 3.8) is 0 Å². The van der Waals surface area contributed by atoms with Gasteiger partial charge in [-0.25, -0.2) is 0 Å². The monoisotopic (exact) mass is 358 g/mol. The Morgan fingerprint density at radius 2 is 1.81 bits per heavy atom. The SMILES string of the molecule is CCCCN(CC(O)C(N)Cc1ccccc1)Oc1cccc(OC)c1. The first-order valence-electron chi connectivity index (χ1n) is 9.17. The topological polar surface area (TPSA) is 68.0 Å². The second-order valence-electron chi connectivity index (χ2n) is 6.43. The molecule has 0 amide bonds. The molecule has 0 spiro atoms. The summed E-state index contributed by atoms with van der Waals surface area (Å²) in [6.45, 7) is 3.20. The lowest BCUT2D eigenvalue weighted by Crippen LogP contribution is -2.46. The van der Waals surface area contributed by atoms with Crippen LogP contribution in [0.3, 0.4) is 0 Å². The summed E-state index contributed by atoms with van der Waals surface area (Å²) >= 11 is 0. The average molecular weight is 358 g/mol. The van der Waals surface area contributed by atoms with Crippen molar-refractivity contribution in [2.24, 2.45) is 5.73 Å². The molecule has 5 heteroatoms. The smallest absolute Gasteiger partial charge is 0.151 e. The van der Waals surface area contributed by atoms with E-state index in [2.05, 4.69) is 6.92 Å². The van der Waals surface area contributed by atoms with Crippen LogP contribution >= 0.6 is 0 Å².